The van der Waals surface area contributed by atoms with Crippen LogP contribution < -0.4 is 5.32 Å². The molecule has 110 valence electrons. The van der Waals surface area contributed by atoms with Crippen LogP contribution in [0.2, 0.25) is 0 Å². The zero-order valence-corrected chi connectivity index (χ0v) is 12.7. The Bertz CT molecular complexity index is 550. The maximum absolute atomic E-state index is 9.58. The van der Waals surface area contributed by atoms with Crippen LogP contribution in [0.1, 0.15) is 32.5 Å². The lowest BCUT2D eigenvalue weighted by Gasteiger charge is -2.29. The second-order valence-electron chi connectivity index (χ2n) is 5.54. The Morgan fingerprint density at radius 2 is 1.95 bits per heavy atom. The van der Waals surface area contributed by atoms with Crippen molar-refractivity contribution >= 4 is 11.0 Å². The topological polar surface area (TPSA) is 50.1 Å². The number of nitrogens with zero attached hydrogens (tertiary/aromatic N) is 2. The van der Waals surface area contributed by atoms with Crippen LogP contribution in [0.15, 0.2) is 24.3 Å². The predicted molar refractivity (Wildman–Crippen MR) is 82.5 cm³/mol. The number of aromatic nitrogens is 2. The lowest BCUT2D eigenvalue weighted by molar-refractivity contribution is 0.112. The molecule has 0 aliphatic carbocycles. The van der Waals surface area contributed by atoms with Crippen LogP contribution in [-0.2, 0) is 13.6 Å². The molecule has 0 saturated heterocycles. The molecule has 1 heterocycles. The van der Waals surface area contributed by atoms with Crippen molar-refractivity contribution in [1.29, 1.82) is 0 Å². The van der Waals surface area contributed by atoms with E-state index in [-0.39, 0.29) is 12.0 Å². The molecule has 0 bridgehead atoms. The summed E-state index contributed by atoms with van der Waals surface area (Å²) in [4.78, 5) is 4.65. The fourth-order valence-corrected chi connectivity index (χ4v) is 2.57. The van der Waals surface area contributed by atoms with E-state index in [0.29, 0.717) is 0 Å². The molecule has 0 atom stereocenters. The average molecular weight is 275 g/mol. The van der Waals surface area contributed by atoms with Gasteiger partial charge >= 0.3 is 0 Å². The maximum Gasteiger partial charge on any atom is 0.123 e. The lowest BCUT2D eigenvalue weighted by atomic mass is 9.83. The van der Waals surface area contributed by atoms with E-state index in [1.165, 1.54) is 0 Å². The van der Waals surface area contributed by atoms with E-state index < -0.39 is 0 Å². The summed E-state index contributed by atoms with van der Waals surface area (Å²) in [5, 5.41) is 13.0. The number of hydrogen-bond donors (Lipinski definition) is 2. The van der Waals surface area contributed by atoms with Gasteiger partial charge in [0, 0.05) is 25.6 Å². The summed E-state index contributed by atoms with van der Waals surface area (Å²) in [5.74, 6) is 1.03. The van der Waals surface area contributed by atoms with Crippen LogP contribution in [-0.4, -0.2) is 27.8 Å². The number of imidazole rings is 1. The van der Waals surface area contributed by atoms with Gasteiger partial charge < -0.3 is 15.0 Å². The first-order valence-electron chi connectivity index (χ1n) is 7.37. The number of aliphatic hydroxyl groups excluding tert-OH is 1. The van der Waals surface area contributed by atoms with E-state index >= 15 is 0 Å². The molecule has 0 radical (unpaired) electrons. The third-order valence-electron chi connectivity index (χ3n) is 4.50. The first kappa shape index (κ1) is 15.0. The summed E-state index contributed by atoms with van der Waals surface area (Å²) >= 11 is 0. The second-order valence-corrected chi connectivity index (χ2v) is 5.54. The number of aliphatic hydroxyl groups is 1. The van der Waals surface area contributed by atoms with Gasteiger partial charge in [-0.3, -0.25) is 0 Å². The van der Waals surface area contributed by atoms with Gasteiger partial charge in [-0.05, 0) is 25.0 Å². The van der Waals surface area contributed by atoms with Gasteiger partial charge in [0.1, 0.15) is 5.82 Å². The zero-order valence-electron chi connectivity index (χ0n) is 12.7. The van der Waals surface area contributed by atoms with Crippen molar-refractivity contribution in [3.63, 3.8) is 0 Å². The Balaban J connectivity index is 2.04. The van der Waals surface area contributed by atoms with E-state index in [2.05, 4.69) is 34.8 Å². The highest BCUT2D eigenvalue weighted by atomic mass is 16.3. The van der Waals surface area contributed by atoms with Crippen molar-refractivity contribution in [3.05, 3.63) is 30.1 Å². The summed E-state index contributed by atoms with van der Waals surface area (Å²) < 4.78 is 2.13. The van der Waals surface area contributed by atoms with Crippen LogP contribution >= 0.6 is 0 Å². The SMILES string of the molecule is CCC(CC)(CO)CNCc1nc2ccccc2n1C. The van der Waals surface area contributed by atoms with Gasteiger partial charge in [0.15, 0.2) is 0 Å². The van der Waals surface area contributed by atoms with Gasteiger partial charge in [0.2, 0.25) is 0 Å². The quantitative estimate of drug-likeness (QED) is 0.816. The number of aryl methyl sites for hydroxylation is 1. The molecule has 1 aromatic heterocycles. The number of para-hydroxylation sites is 2. The molecule has 0 aliphatic rings. The molecular weight excluding hydrogens is 250 g/mol. The molecule has 2 N–H and O–H groups in total. The van der Waals surface area contributed by atoms with E-state index in [9.17, 15) is 5.11 Å². The monoisotopic (exact) mass is 275 g/mol. The minimum absolute atomic E-state index is 0.00934. The molecule has 0 aliphatic heterocycles. The Kier molecular flexibility index (Phi) is 4.78. The molecule has 4 nitrogen and oxygen atoms in total. The smallest absolute Gasteiger partial charge is 0.123 e. The van der Waals surface area contributed by atoms with Crippen LogP contribution in [0, 0.1) is 5.41 Å². The van der Waals surface area contributed by atoms with Crippen LogP contribution in [0.3, 0.4) is 0 Å². The van der Waals surface area contributed by atoms with E-state index in [1.807, 2.05) is 25.2 Å². The van der Waals surface area contributed by atoms with Gasteiger partial charge in [-0.1, -0.05) is 26.0 Å². The summed E-state index contributed by atoms with van der Waals surface area (Å²) in [7, 11) is 2.05. The van der Waals surface area contributed by atoms with E-state index in [0.717, 1.165) is 42.8 Å². The highest BCUT2D eigenvalue weighted by molar-refractivity contribution is 5.75. The molecule has 0 unspecified atom stereocenters. The van der Waals surface area contributed by atoms with Crippen molar-refractivity contribution in [2.24, 2.45) is 12.5 Å². The fourth-order valence-electron chi connectivity index (χ4n) is 2.57. The number of benzene rings is 1. The number of fused-ring (bicyclic) bond motifs is 1. The van der Waals surface area contributed by atoms with Gasteiger partial charge in [0.05, 0.1) is 17.6 Å². The molecule has 0 saturated carbocycles. The minimum atomic E-state index is -0.00934. The maximum atomic E-state index is 9.58. The minimum Gasteiger partial charge on any atom is -0.396 e. The van der Waals surface area contributed by atoms with E-state index in [1.54, 1.807) is 0 Å². The number of hydrogen-bond acceptors (Lipinski definition) is 3. The molecule has 1 aromatic carbocycles. The Morgan fingerprint density at radius 3 is 2.55 bits per heavy atom. The molecule has 0 amide bonds. The average Bonchev–Trinajstić information content (AvgIpc) is 2.81. The van der Waals surface area contributed by atoms with Gasteiger partial charge in [-0.2, -0.15) is 0 Å². The predicted octanol–water partition coefficient (Wildman–Crippen LogP) is 2.46. The number of nitrogens with one attached hydrogen (secondary N) is 1. The molecular formula is C16H25N3O. The summed E-state index contributed by atoms with van der Waals surface area (Å²) in [6, 6.07) is 8.17. The molecule has 0 spiro atoms. The van der Waals surface area contributed by atoms with Crippen LogP contribution in [0.4, 0.5) is 0 Å². The van der Waals surface area contributed by atoms with Gasteiger partial charge in [-0.25, -0.2) is 4.98 Å². The first-order valence-corrected chi connectivity index (χ1v) is 7.37. The Morgan fingerprint density at radius 1 is 1.25 bits per heavy atom. The second kappa shape index (κ2) is 6.37. The summed E-state index contributed by atoms with van der Waals surface area (Å²) in [6.07, 6.45) is 1.96. The summed E-state index contributed by atoms with van der Waals surface area (Å²) in [6.45, 7) is 6.05. The largest absolute Gasteiger partial charge is 0.396 e. The normalized spacial score (nSPS) is 12.2. The highest BCUT2D eigenvalue weighted by Crippen LogP contribution is 2.24. The van der Waals surface area contributed by atoms with Gasteiger partial charge in [0.25, 0.3) is 0 Å². The van der Waals surface area contributed by atoms with Crippen molar-refractivity contribution in [2.45, 2.75) is 33.2 Å². The third kappa shape index (κ3) is 2.86. The molecule has 0 fully saturated rings. The molecule has 20 heavy (non-hydrogen) atoms. The molecule has 2 rings (SSSR count). The molecule has 2 aromatic rings. The standard InChI is InChI=1S/C16H25N3O/c1-4-16(5-2,12-20)11-17-10-15-18-13-8-6-7-9-14(13)19(15)3/h6-9,17,20H,4-5,10-12H2,1-3H3. The lowest BCUT2D eigenvalue weighted by Crippen LogP contribution is -2.36. The van der Waals surface area contributed by atoms with E-state index in [4.69, 9.17) is 0 Å². The van der Waals surface area contributed by atoms with Crippen molar-refractivity contribution in [1.82, 2.24) is 14.9 Å². The van der Waals surface area contributed by atoms with Crippen molar-refractivity contribution in [2.75, 3.05) is 13.2 Å². The van der Waals surface area contributed by atoms with Crippen LogP contribution in [0.25, 0.3) is 11.0 Å². The third-order valence-corrected chi connectivity index (χ3v) is 4.50. The fraction of sp³-hybridized carbons (Fsp3) is 0.562. The van der Waals surface area contributed by atoms with Crippen molar-refractivity contribution in [3.8, 4) is 0 Å². The van der Waals surface area contributed by atoms with Gasteiger partial charge in [-0.15, -0.1) is 0 Å². The zero-order chi connectivity index (χ0) is 14.6. The van der Waals surface area contributed by atoms with Crippen LogP contribution in [0.5, 0.6) is 0 Å². The highest BCUT2D eigenvalue weighted by Gasteiger charge is 2.24. The summed E-state index contributed by atoms with van der Waals surface area (Å²) in [5.41, 5.74) is 2.18. The number of rotatable bonds is 7. The Hall–Kier alpha value is -1.39. The Labute approximate surface area is 120 Å². The first-order chi connectivity index (χ1) is 9.65. The van der Waals surface area contributed by atoms with Crippen molar-refractivity contribution < 1.29 is 5.11 Å². The molecule has 4 heteroatoms.